The van der Waals surface area contributed by atoms with Crippen LogP contribution in [-0.4, -0.2) is 42.1 Å². The number of para-hydroxylation sites is 1. The summed E-state index contributed by atoms with van der Waals surface area (Å²) in [7, 11) is 2.29. The number of likely N-dealkylation sites (N-methyl/N-ethyl adjacent to an activating group) is 1. The minimum absolute atomic E-state index is 0.123. The normalized spacial score (nSPS) is 24.2. The van der Waals surface area contributed by atoms with E-state index in [4.69, 9.17) is 4.74 Å². The van der Waals surface area contributed by atoms with Gasteiger partial charge in [-0.3, -0.25) is 4.90 Å². The second kappa shape index (κ2) is 5.71. The second-order valence-electron chi connectivity index (χ2n) is 7.85. The van der Waals surface area contributed by atoms with Crippen molar-refractivity contribution in [3.05, 3.63) is 41.6 Å². The molecule has 26 heavy (non-hydrogen) atoms. The fraction of sp³-hybridized carbons (Fsp3) is 0.500. The van der Waals surface area contributed by atoms with Crippen molar-refractivity contribution < 1.29 is 4.74 Å². The van der Waals surface area contributed by atoms with Gasteiger partial charge in [0.2, 0.25) is 5.90 Å². The maximum Gasteiger partial charge on any atom is 0.233 e. The van der Waals surface area contributed by atoms with Gasteiger partial charge in [0, 0.05) is 23.0 Å². The molecular formula is C22H27N3O. The lowest BCUT2D eigenvalue weighted by Crippen LogP contribution is -2.45. The number of benzene rings is 1. The van der Waals surface area contributed by atoms with Gasteiger partial charge in [-0.15, -0.1) is 0 Å². The minimum atomic E-state index is 0.123. The molecule has 2 aromatic rings. The Bertz CT molecular complexity index is 932. The first-order valence-corrected chi connectivity index (χ1v) is 9.93. The molecule has 0 spiro atoms. The molecule has 5 rings (SSSR count). The van der Waals surface area contributed by atoms with Gasteiger partial charge < -0.3 is 9.30 Å². The number of aromatic nitrogens is 1. The van der Waals surface area contributed by atoms with Crippen molar-refractivity contribution in [2.75, 3.05) is 26.7 Å². The maximum atomic E-state index is 5.95. The number of hydrogen-bond donors (Lipinski definition) is 0. The summed E-state index contributed by atoms with van der Waals surface area (Å²) < 4.78 is 8.41. The highest BCUT2D eigenvalue weighted by Gasteiger charge is 2.47. The average molecular weight is 349 g/mol. The molecule has 3 aliphatic rings. The summed E-state index contributed by atoms with van der Waals surface area (Å²) in [4.78, 5) is 7.25. The Kier molecular flexibility index (Phi) is 3.54. The molecule has 0 amide bonds. The minimum Gasteiger partial charge on any atom is -0.474 e. The van der Waals surface area contributed by atoms with Crippen molar-refractivity contribution in [3.63, 3.8) is 0 Å². The molecule has 0 saturated heterocycles. The van der Waals surface area contributed by atoms with Crippen LogP contribution in [0, 0.1) is 5.41 Å². The van der Waals surface area contributed by atoms with Crippen LogP contribution in [0.2, 0.25) is 0 Å². The van der Waals surface area contributed by atoms with Gasteiger partial charge in [0.15, 0.2) is 0 Å². The largest absolute Gasteiger partial charge is 0.474 e. The molecule has 4 nitrogen and oxygen atoms in total. The Hall–Kier alpha value is -2.07. The summed E-state index contributed by atoms with van der Waals surface area (Å²) in [6.45, 7) is 7.24. The van der Waals surface area contributed by atoms with Gasteiger partial charge >= 0.3 is 0 Å². The molecule has 136 valence electrons. The van der Waals surface area contributed by atoms with Crippen LogP contribution >= 0.6 is 0 Å². The lowest BCUT2D eigenvalue weighted by atomic mass is 9.69. The predicted molar refractivity (Wildman–Crippen MR) is 107 cm³/mol. The fourth-order valence-corrected chi connectivity index (χ4v) is 5.38. The molecule has 4 heterocycles. The molecule has 0 aliphatic carbocycles. The third-order valence-corrected chi connectivity index (χ3v) is 6.77. The Labute approximate surface area is 155 Å². The van der Waals surface area contributed by atoms with Gasteiger partial charge in [-0.1, -0.05) is 32.0 Å². The smallest absolute Gasteiger partial charge is 0.233 e. The molecular weight excluding hydrogens is 322 g/mol. The molecule has 0 bridgehead atoms. The van der Waals surface area contributed by atoms with Gasteiger partial charge in [-0.2, -0.15) is 0 Å². The van der Waals surface area contributed by atoms with Crippen LogP contribution in [0.25, 0.3) is 16.6 Å². The third kappa shape index (κ3) is 1.96. The Balaban J connectivity index is 1.88. The number of fused-ring (bicyclic) bond motifs is 3. The molecule has 3 aliphatic heterocycles. The van der Waals surface area contributed by atoms with Crippen LogP contribution in [0.3, 0.4) is 0 Å². The van der Waals surface area contributed by atoms with Gasteiger partial charge in [0.25, 0.3) is 0 Å². The van der Waals surface area contributed by atoms with E-state index >= 15 is 0 Å². The lowest BCUT2D eigenvalue weighted by molar-refractivity contribution is 0.0942. The molecule has 1 aromatic heterocycles. The molecule has 1 atom stereocenters. The van der Waals surface area contributed by atoms with Crippen LogP contribution in [0.15, 0.2) is 35.3 Å². The SMILES string of the molecule is CCC1(CC)C=C(C2=NCCO2)n2c3c(c4ccccc42)CCN(C)[C@H]31. The third-order valence-electron chi connectivity index (χ3n) is 6.77. The van der Waals surface area contributed by atoms with E-state index in [1.165, 1.54) is 22.2 Å². The molecule has 0 N–H and O–H groups in total. The van der Waals surface area contributed by atoms with E-state index in [0.717, 1.165) is 43.9 Å². The summed E-state index contributed by atoms with van der Waals surface area (Å²) in [6.07, 6.45) is 5.83. The monoisotopic (exact) mass is 349 g/mol. The molecule has 0 radical (unpaired) electrons. The van der Waals surface area contributed by atoms with Crippen molar-refractivity contribution >= 4 is 22.5 Å². The maximum absolute atomic E-state index is 5.95. The standard InChI is InChI=1S/C22H27N3O/c1-4-22(5-2)14-18(21-23-11-13-26-21)25-17-9-7-6-8-15(17)16-10-12-24(3)20(22)19(16)25/h6-9,14,20H,4-5,10-13H2,1-3H3/t20-/m1/s1. The zero-order chi connectivity index (χ0) is 17.9. The van der Waals surface area contributed by atoms with Crippen molar-refractivity contribution in [2.45, 2.75) is 39.2 Å². The highest BCUT2D eigenvalue weighted by Crippen LogP contribution is 2.54. The topological polar surface area (TPSA) is 29.8 Å². The second-order valence-corrected chi connectivity index (χ2v) is 7.85. The zero-order valence-electron chi connectivity index (χ0n) is 16.0. The first-order valence-electron chi connectivity index (χ1n) is 9.93. The number of rotatable bonds is 3. The number of aliphatic imine (C=N–C) groups is 1. The fourth-order valence-electron chi connectivity index (χ4n) is 5.38. The van der Waals surface area contributed by atoms with Crippen molar-refractivity contribution in [1.82, 2.24) is 9.47 Å². The van der Waals surface area contributed by atoms with Crippen LogP contribution < -0.4 is 0 Å². The van der Waals surface area contributed by atoms with Gasteiger partial charge in [0.05, 0.1) is 18.1 Å². The zero-order valence-corrected chi connectivity index (χ0v) is 16.0. The van der Waals surface area contributed by atoms with Crippen LogP contribution in [-0.2, 0) is 11.2 Å². The molecule has 1 aromatic carbocycles. The first-order chi connectivity index (χ1) is 12.7. The van der Waals surface area contributed by atoms with Gasteiger partial charge in [-0.05, 0) is 44.0 Å². The quantitative estimate of drug-likeness (QED) is 0.829. The molecule has 0 fully saturated rings. The van der Waals surface area contributed by atoms with E-state index in [1.54, 1.807) is 0 Å². The van der Waals surface area contributed by atoms with Crippen LogP contribution in [0.5, 0.6) is 0 Å². The summed E-state index contributed by atoms with van der Waals surface area (Å²) in [6, 6.07) is 9.26. The van der Waals surface area contributed by atoms with Crippen molar-refractivity contribution in [3.8, 4) is 0 Å². The molecule has 4 heteroatoms. The van der Waals surface area contributed by atoms with Crippen LogP contribution in [0.4, 0.5) is 0 Å². The van der Waals surface area contributed by atoms with Crippen LogP contribution in [0.1, 0.15) is 44.0 Å². The van der Waals surface area contributed by atoms with E-state index in [2.05, 4.69) is 65.7 Å². The summed E-state index contributed by atoms with van der Waals surface area (Å²) >= 11 is 0. The summed E-state index contributed by atoms with van der Waals surface area (Å²) in [5.41, 5.74) is 5.58. The van der Waals surface area contributed by atoms with Gasteiger partial charge in [0.1, 0.15) is 12.3 Å². The number of hydrogen-bond acceptors (Lipinski definition) is 3. The van der Waals surface area contributed by atoms with Gasteiger partial charge in [-0.25, -0.2) is 4.99 Å². The summed E-state index contributed by atoms with van der Waals surface area (Å²) in [5.74, 6) is 0.825. The Morgan fingerprint density at radius 1 is 1.23 bits per heavy atom. The Morgan fingerprint density at radius 3 is 2.77 bits per heavy atom. The van der Waals surface area contributed by atoms with Crippen molar-refractivity contribution in [2.24, 2.45) is 10.4 Å². The van der Waals surface area contributed by atoms with Crippen molar-refractivity contribution in [1.29, 1.82) is 0 Å². The van der Waals surface area contributed by atoms with E-state index in [1.807, 2.05) is 0 Å². The molecule has 0 saturated carbocycles. The average Bonchev–Trinajstić information content (AvgIpc) is 3.32. The molecule has 0 unspecified atom stereocenters. The highest BCUT2D eigenvalue weighted by atomic mass is 16.5. The number of nitrogens with zero attached hydrogens (tertiary/aromatic N) is 3. The lowest BCUT2D eigenvalue weighted by Gasteiger charge is -2.48. The first kappa shape index (κ1) is 16.1. The Morgan fingerprint density at radius 2 is 2.04 bits per heavy atom. The van der Waals surface area contributed by atoms with E-state index in [-0.39, 0.29) is 5.41 Å². The predicted octanol–water partition coefficient (Wildman–Crippen LogP) is 4.26. The summed E-state index contributed by atoms with van der Waals surface area (Å²) in [5, 5.41) is 1.40. The van der Waals surface area contributed by atoms with E-state index in [9.17, 15) is 0 Å². The number of ether oxygens (including phenoxy) is 1. The highest BCUT2D eigenvalue weighted by molar-refractivity contribution is 6.17. The van der Waals surface area contributed by atoms with E-state index < -0.39 is 0 Å². The van der Waals surface area contributed by atoms with E-state index in [0.29, 0.717) is 12.6 Å².